The van der Waals surface area contributed by atoms with Crippen LogP contribution in [-0.2, 0) is 0 Å². The van der Waals surface area contributed by atoms with Gasteiger partial charge in [0.25, 0.3) is 0 Å². The average molecular weight is 190 g/mol. The highest BCUT2D eigenvalue weighted by molar-refractivity contribution is 7.17. The van der Waals surface area contributed by atoms with Crippen molar-refractivity contribution in [2.24, 2.45) is 0 Å². The first kappa shape index (κ1) is 7.39. The molecule has 3 rings (SSSR count). The number of ether oxygens (including phenoxy) is 1. The summed E-state index contributed by atoms with van der Waals surface area (Å²) in [6, 6.07) is 8.47. The molecule has 1 aromatic carbocycles. The second kappa shape index (κ2) is 2.74. The van der Waals surface area contributed by atoms with Crippen LogP contribution in [0, 0.1) is 0 Å². The average Bonchev–Trinajstić information content (AvgIpc) is 2.83. The van der Waals surface area contributed by atoms with Crippen molar-refractivity contribution in [1.29, 1.82) is 0 Å². The van der Waals surface area contributed by atoms with Gasteiger partial charge in [0.15, 0.2) is 0 Å². The fourth-order valence-corrected chi connectivity index (χ4v) is 2.20. The molecule has 2 aromatic rings. The molecule has 0 radical (unpaired) electrons. The van der Waals surface area contributed by atoms with Crippen LogP contribution in [0.2, 0.25) is 0 Å². The molecule has 0 spiro atoms. The minimum Gasteiger partial charge on any atom is -0.490 e. The molecule has 13 heavy (non-hydrogen) atoms. The van der Waals surface area contributed by atoms with E-state index in [0.717, 1.165) is 5.75 Å². The zero-order valence-electron chi connectivity index (χ0n) is 7.19. The lowest BCUT2D eigenvalue weighted by molar-refractivity contribution is 0.303. The van der Waals surface area contributed by atoms with E-state index in [2.05, 4.69) is 29.6 Å². The van der Waals surface area contributed by atoms with Gasteiger partial charge in [-0.3, -0.25) is 0 Å². The molecular weight excluding hydrogens is 180 g/mol. The number of fused-ring (bicyclic) bond motifs is 1. The topological polar surface area (TPSA) is 9.23 Å². The first-order chi connectivity index (χ1) is 6.42. The van der Waals surface area contributed by atoms with Gasteiger partial charge in [-0.1, -0.05) is 0 Å². The van der Waals surface area contributed by atoms with E-state index in [1.54, 1.807) is 11.3 Å². The van der Waals surface area contributed by atoms with E-state index < -0.39 is 0 Å². The van der Waals surface area contributed by atoms with Crippen molar-refractivity contribution in [3.63, 3.8) is 0 Å². The van der Waals surface area contributed by atoms with Crippen molar-refractivity contribution in [2.45, 2.75) is 18.9 Å². The zero-order chi connectivity index (χ0) is 8.67. The summed E-state index contributed by atoms with van der Waals surface area (Å²) in [6.07, 6.45) is 2.95. The van der Waals surface area contributed by atoms with Crippen LogP contribution in [0.5, 0.6) is 5.75 Å². The largest absolute Gasteiger partial charge is 0.490 e. The Hall–Kier alpha value is -1.02. The Morgan fingerprint density at radius 3 is 3.00 bits per heavy atom. The molecule has 0 N–H and O–H groups in total. The van der Waals surface area contributed by atoms with Crippen molar-refractivity contribution in [2.75, 3.05) is 0 Å². The van der Waals surface area contributed by atoms with E-state index in [4.69, 9.17) is 4.74 Å². The molecule has 66 valence electrons. The molecule has 0 amide bonds. The standard InChI is InChI=1S/C11H10OS/c1-2-10(12-9-3-4-9)7-11-8(1)5-6-13-11/h1-2,5-7,9H,3-4H2. The lowest BCUT2D eigenvalue weighted by atomic mass is 10.2. The molecule has 0 bridgehead atoms. The highest BCUT2D eigenvalue weighted by Gasteiger charge is 2.23. The van der Waals surface area contributed by atoms with Crippen LogP contribution >= 0.6 is 11.3 Å². The quantitative estimate of drug-likeness (QED) is 0.704. The SMILES string of the molecule is c1cc2ccc(OC3CC3)cc2s1. The maximum absolute atomic E-state index is 5.71. The smallest absolute Gasteiger partial charge is 0.121 e. The second-order valence-corrected chi connectivity index (χ2v) is 4.39. The first-order valence-electron chi connectivity index (χ1n) is 4.56. The van der Waals surface area contributed by atoms with E-state index in [9.17, 15) is 0 Å². The Balaban J connectivity index is 1.99. The molecule has 0 aliphatic heterocycles. The molecule has 1 fully saturated rings. The van der Waals surface area contributed by atoms with Crippen molar-refractivity contribution in [1.82, 2.24) is 0 Å². The maximum atomic E-state index is 5.71. The summed E-state index contributed by atoms with van der Waals surface area (Å²) in [5.74, 6) is 1.03. The molecule has 1 aliphatic rings. The van der Waals surface area contributed by atoms with Crippen LogP contribution in [0.25, 0.3) is 10.1 Å². The zero-order valence-corrected chi connectivity index (χ0v) is 8.01. The van der Waals surface area contributed by atoms with Gasteiger partial charge in [-0.15, -0.1) is 11.3 Å². The van der Waals surface area contributed by atoms with Crippen LogP contribution < -0.4 is 4.74 Å². The summed E-state index contributed by atoms with van der Waals surface area (Å²) in [7, 11) is 0. The van der Waals surface area contributed by atoms with Gasteiger partial charge in [0.1, 0.15) is 5.75 Å². The van der Waals surface area contributed by atoms with E-state index in [1.165, 1.54) is 22.9 Å². The summed E-state index contributed by atoms with van der Waals surface area (Å²) < 4.78 is 7.03. The number of hydrogen-bond donors (Lipinski definition) is 0. The molecule has 0 unspecified atom stereocenters. The molecule has 2 heteroatoms. The van der Waals surface area contributed by atoms with Gasteiger partial charge in [0, 0.05) is 4.70 Å². The Labute approximate surface area is 81.0 Å². The number of benzene rings is 1. The lowest BCUT2D eigenvalue weighted by Crippen LogP contribution is -1.94. The molecule has 1 aromatic heterocycles. The Bertz CT molecular complexity index is 428. The maximum Gasteiger partial charge on any atom is 0.121 e. The van der Waals surface area contributed by atoms with Gasteiger partial charge in [-0.05, 0) is 47.9 Å². The summed E-state index contributed by atoms with van der Waals surface area (Å²) in [5, 5.41) is 3.43. The monoisotopic (exact) mass is 190 g/mol. The Morgan fingerprint density at radius 1 is 1.23 bits per heavy atom. The fraction of sp³-hybridized carbons (Fsp3) is 0.273. The third kappa shape index (κ3) is 1.42. The molecule has 1 saturated carbocycles. The Morgan fingerprint density at radius 2 is 2.15 bits per heavy atom. The predicted octanol–water partition coefficient (Wildman–Crippen LogP) is 3.44. The number of hydrogen-bond acceptors (Lipinski definition) is 2. The summed E-state index contributed by atoms with van der Waals surface area (Å²) in [4.78, 5) is 0. The van der Waals surface area contributed by atoms with Gasteiger partial charge in [0.05, 0.1) is 6.10 Å². The normalized spacial score (nSPS) is 16.3. The minimum absolute atomic E-state index is 0.498. The van der Waals surface area contributed by atoms with Crippen LogP contribution in [-0.4, -0.2) is 6.10 Å². The van der Waals surface area contributed by atoms with E-state index >= 15 is 0 Å². The van der Waals surface area contributed by atoms with Gasteiger partial charge in [-0.2, -0.15) is 0 Å². The van der Waals surface area contributed by atoms with Crippen molar-refractivity contribution >= 4 is 21.4 Å². The van der Waals surface area contributed by atoms with Gasteiger partial charge in [0.2, 0.25) is 0 Å². The van der Waals surface area contributed by atoms with Crippen molar-refractivity contribution < 1.29 is 4.74 Å². The summed E-state index contributed by atoms with van der Waals surface area (Å²) in [6.45, 7) is 0. The lowest BCUT2D eigenvalue weighted by Gasteiger charge is -2.02. The molecule has 0 atom stereocenters. The van der Waals surface area contributed by atoms with E-state index in [0.29, 0.717) is 6.10 Å². The third-order valence-corrected chi connectivity index (χ3v) is 3.13. The van der Waals surface area contributed by atoms with Crippen molar-refractivity contribution in [3.8, 4) is 5.75 Å². The van der Waals surface area contributed by atoms with E-state index in [-0.39, 0.29) is 0 Å². The van der Waals surface area contributed by atoms with Crippen LogP contribution in [0.15, 0.2) is 29.6 Å². The number of thiophene rings is 1. The predicted molar refractivity (Wildman–Crippen MR) is 55.5 cm³/mol. The van der Waals surface area contributed by atoms with Crippen molar-refractivity contribution in [3.05, 3.63) is 29.6 Å². The first-order valence-corrected chi connectivity index (χ1v) is 5.44. The molecule has 1 heterocycles. The van der Waals surface area contributed by atoms with Crippen LogP contribution in [0.3, 0.4) is 0 Å². The summed E-state index contributed by atoms with van der Waals surface area (Å²) >= 11 is 1.77. The molecule has 1 aliphatic carbocycles. The molecular formula is C11H10OS. The van der Waals surface area contributed by atoms with E-state index in [1.807, 2.05) is 0 Å². The Kier molecular flexibility index (Phi) is 1.56. The third-order valence-electron chi connectivity index (χ3n) is 2.25. The van der Waals surface area contributed by atoms with Gasteiger partial charge in [-0.25, -0.2) is 0 Å². The van der Waals surface area contributed by atoms with Gasteiger partial charge >= 0.3 is 0 Å². The molecule has 1 nitrogen and oxygen atoms in total. The number of rotatable bonds is 2. The minimum atomic E-state index is 0.498. The van der Waals surface area contributed by atoms with Crippen LogP contribution in [0.4, 0.5) is 0 Å². The highest BCUT2D eigenvalue weighted by atomic mass is 32.1. The second-order valence-electron chi connectivity index (χ2n) is 3.44. The highest BCUT2D eigenvalue weighted by Crippen LogP contribution is 2.30. The summed E-state index contributed by atoms with van der Waals surface area (Å²) in [5.41, 5.74) is 0. The fourth-order valence-electron chi connectivity index (χ4n) is 1.39. The van der Waals surface area contributed by atoms with Gasteiger partial charge < -0.3 is 4.74 Å². The van der Waals surface area contributed by atoms with Crippen LogP contribution in [0.1, 0.15) is 12.8 Å². The molecule has 0 saturated heterocycles.